The molecule has 0 atom stereocenters. The van der Waals surface area contributed by atoms with Crippen molar-refractivity contribution in [1.29, 1.82) is 0 Å². The van der Waals surface area contributed by atoms with Crippen LogP contribution in [0, 0.1) is 11.8 Å². The summed E-state index contributed by atoms with van der Waals surface area (Å²) in [6.07, 6.45) is 9.99. The van der Waals surface area contributed by atoms with Crippen molar-refractivity contribution in [1.82, 2.24) is 15.5 Å². The van der Waals surface area contributed by atoms with Gasteiger partial charge < -0.3 is 20.3 Å². The molecule has 2 saturated carbocycles. The van der Waals surface area contributed by atoms with Gasteiger partial charge in [-0.05, 0) is 51.4 Å². The number of ether oxygens (including phenoxy) is 1. The third-order valence-electron chi connectivity index (χ3n) is 5.84. The van der Waals surface area contributed by atoms with Crippen molar-refractivity contribution in [2.24, 2.45) is 16.8 Å². The Morgan fingerprint density at radius 3 is 2.28 bits per heavy atom. The number of carbonyl (C=O) groups excluding carboxylic acids is 2. The molecule has 8 heteroatoms. The molecule has 0 aromatic carbocycles. The molecule has 29 heavy (non-hydrogen) atoms. The first-order valence-electron chi connectivity index (χ1n) is 10.9. The minimum absolute atomic E-state index is 0. The number of aliphatic imine (C=N–C) groups is 1. The zero-order valence-corrected chi connectivity index (χ0v) is 20.6. The lowest BCUT2D eigenvalue weighted by atomic mass is 9.86. The molecule has 0 radical (unpaired) electrons. The molecule has 168 valence electrons. The molecule has 0 bridgehead atoms. The summed E-state index contributed by atoms with van der Waals surface area (Å²) >= 11 is 0. The number of rotatable bonds is 7. The average Bonchev–Trinajstić information content (AvgIpc) is 2.71. The summed E-state index contributed by atoms with van der Waals surface area (Å²) in [5.41, 5.74) is 0. The summed E-state index contributed by atoms with van der Waals surface area (Å²) in [7, 11) is 3.49. The number of amides is 1. The van der Waals surface area contributed by atoms with E-state index in [-0.39, 0.29) is 54.4 Å². The van der Waals surface area contributed by atoms with Gasteiger partial charge in [0.25, 0.3) is 0 Å². The van der Waals surface area contributed by atoms with E-state index < -0.39 is 0 Å². The van der Waals surface area contributed by atoms with Crippen LogP contribution >= 0.6 is 24.0 Å². The number of nitrogens with one attached hydrogen (secondary N) is 2. The summed E-state index contributed by atoms with van der Waals surface area (Å²) in [5.74, 6) is 1.35. The van der Waals surface area contributed by atoms with E-state index in [1.807, 2.05) is 6.92 Å². The molecule has 0 aromatic heterocycles. The second-order valence-electron chi connectivity index (χ2n) is 8.28. The number of hydrogen-bond acceptors (Lipinski definition) is 4. The maximum Gasteiger partial charge on any atom is 0.308 e. The van der Waals surface area contributed by atoms with E-state index in [0.717, 1.165) is 38.2 Å². The number of esters is 1. The fourth-order valence-corrected chi connectivity index (χ4v) is 4.00. The van der Waals surface area contributed by atoms with E-state index in [4.69, 9.17) is 4.74 Å². The quantitative estimate of drug-likeness (QED) is 0.233. The van der Waals surface area contributed by atoms with Gasteiger partial charge in [0.05, 0.1) is 12.5 Å². The van der Waals surface area contributed by atoms with E-state index in [0.29, 0.717) is 12.5 Å². The van der Waals surface area contributed by atoms with Crippen molar-refractivity contribution in [3.8, 4) is 0 Å². The summed E-state index contributed by atoms with van der Waals surface area (Å²) in [6.45, 7) is 3.34. The molecular weight excluding hydrogens is 483 g/mol. The molecular formula is C21H39IN4O3. The summed E-state index contributed by atoms with van der Waals surface area (Å²) < 4.78 is 5.15. The molecule has 7 nitrogen and oxygen atoms in total. The van der Waals surface area contributed by atoms with Gasteiger partial charge in [0.1, 0.15) is 6.54 Å². The zero-order chi connectivity index (χ0) is 20.4. The highest BCUT2D eigenvalue weighted by Gasteiger charge is 2.27. The molecule has 2 fully saturated rings. The molecule has 2 aliphatic rings. The Morgan fingerprint density at radius 2 is 1.69 bits per heavy atom. The Labute approximate surface area is 192 Å². The summed E-state index contributed by atoms with van der Waals surface area (Å²) in [4.78, 5) is 29.9. The van der Waals surface area contributed by atoms with E-state index in [1.54, 1.807) is 19.0 Å². The Bertz CT molecular complexity index is 528. The SMILES string of the molecule is CCOC(=O)C1CCC(NC(=NCC(=O)N(C)C)NCC2CCCCC2)CC1.I. The van der Waals surface area contributed by atoms with Crippen molar-refractivity contribution in [2.75, 3.05) is 33.8 Å². The van der Waals surface area contributed by atoms with Gasteiger partial charge in [0.15, 0.2) is 5.96 Å². The number of carbonyl (C=O) groups is 2. The fraction of sp³-hybridized carbons (Fsp3) is 0.857. The van der Waals surface area contributed by atoms with Gasteiger partial charge in [-0.15, -0.1) is 24.0 Å². The number of likely N-dealkylation sites (N-methyl/N-ethyl adjacent to an activating group) is 1. The number of hydrogen-bond donors (Lipinski definition) is 2. The van der Waals surface area contributed by atoms with Crippen molar-refractivity contribution in [3.63, 3.8) is 0 Å². The van der Waals surface area contributed by atoms with Crippen molar-refractivity contribution in [2.45, 2.75) is 70.8 Å². The predicted molar refractivity (Wildman–Crippen MR) is 127 cm³/mol. The van der Waals surface area contributed by atoms with Crippen LogP contribution in [0.3, 0.4) is 0 Å². The molecule has 2 aliphatic carbocycles. The van der Waals surface area contributed by atoms with Crippen molar-refractivity contribution < 1.29 is 14.3 Å². The van der Waals surface area contributed by atoms with Crippen LogP contribution in [0.5, 0.6) is 0 Å². The molecule has 1 amide bonds. The Kier molecular flexibility index (Phi) is 12.6. The van der Waals surface area contributed by atoms with Gasteiger partial charge in [0, 0.05) is 26.7 Å². The van der Waals surface area contributed by atoms with E-state index >= 15 is 0 Å². The fourth-order valence-electron chi connectivity index (χ4n) is 4.00. The third-order valence-corrected chi connectivity index (χ3v) is 5.84. The second-order valence-corrected chi connectivity index (χ2v) is 8.28. The standard InChI is InChI=1S/C21H38N4O3.HI/c1-4-28-20(27)17-10-12-18(13-11-17)24-21(23-15-19(26)25(2)3)22-14-16-8-6-5-7-9-16;/h16-18H,4-15H2,1-3H3,(H2,22,23,24);1H. The smallest absolute Gasteiger partial charge is 0.308 e. The molecule has 0 aromatic rings. The molecule has 2 rings (SSSR count). The van der Waals surface area contributed by atoms with Gasteiger partial charge in [-0.1, -0.05) is 19.3 Å². The number of nitrogens with zero attached hydrogens (tertiary/aromatic N) is 2. The molecule has 0 saturated heterocycles. The van der Waals surface area contributed by atoms with Gasteiger partial charge in [-0.2, -0.15) is 0 Å². The number of guanidine groups is 1. The van der Waals surface area contributed by atoms with E-state index in [1.165, 1.54) is 32.1 Å². The van der Waals surface area contributed by atoms with Crippen LogP contribution in [-0.4, -0.2) is 62.6 Å². The van der Waals surface area contributed by atoms with Crippen LogP contribution in [-0.2, 0) is 14.3 Å². The first-order chi connectivity index (χ1) is 13.5. The highest BCUT2D eigenvalue weighted by molar-refractivity contribution is 14.0. The normalized spacial score (nSPS) is 22.9. The monoisotopic (exact) mass is 522 g/mol. The van der Waals surface area contributed by atoms with E-state index in [9.17, 15) is 9.59 Å². The van der Waals surface area contributed by atoms with Crippen LogP contribution in [0.2, 0.25) is 0 Å². The van der Waals surface area contributed by atoms with Crippen LogP contribution in [0.15, 0.2) is 4.99 Å². The Hall–Kier alpha value is -1.06. The minimum Gasteiger partial charge on any atom is -0.466 e. The topological polar surface area (TPSA) is 83.0 Å². The molecule has 0 unspecified atom stereocenters. The maximum absolute atomic E-state index is 11.9. The van der Waals surface area contributed by atoms with Gasteiger partial charge in [0.2, 0.25) is 5.91 Å². The van der Waals surface area contributed by atoms with Crippen molar-refractivity contribution in [3.05, 3.63) is 0 Å². The molecule has 0 spiro atoms. The first kappa shape index (κ1) is 26.0. The average molecular weight is 522 g/mol. The lowest BCUT2D eigenvalue weighted by molar-refractivity contribution is -0.149. The largest absolute Gasteiger partial charge is 0.466 e. The Morgan fingerprint density at radius 1 is 1.03 bits per heavy atom. The van der Waals surface area contributed by atoms with Crippen LogP contribution < -0.4 is 10.6 Å². The molecule has 0 aliphatic heterocycles. The van der Waals surface area contributed by atoms with Gasteiger partial charge in [-0.3, -0.25) is 9.59 Å². The third kappa shape index (κ3) is 9.53. The summed E-state index contributed by atoms with van der Waals surface area (Å²) in [5, 5.41) is 6.96. The van der Waals surface area contributed by atoms with Gasteiger partial charge in [-0.25, -0.2) is 4.99 Å². The first-order valence-corrected chi connectivity index (χ1v) is 10.9. The maximum atomic E-state index is 11.9. The lowest BCUT2D eigenvalue weighted by Gasteiger charge is -2.30. The predicted octanol–water partition coefficient (Wildman–Crippen LogP) is 2.93. The van der Waals surface area contributed by atoms with Crippen molar-refractivity contribution >= 4 is 41.8 Å². The molecule has 0 heterocycles. The molecule has 2 N–H and O–H groups in total. The van der Waals surface area contributed by atoms with Crippen LogP contribution in [0.1, 0.15) is 64.7 Å². The minimum atomic E-state index is -0.0677. The zero-order valence-electron chi connectivity index (χ0n) is 18.2. The summed E-state index contributed by atoms with van der Waals surface area (Å²) in [6, 6.07) is 0.276. The highest BCUT2D eigenvalue weighted by atomic mass is 127. The Balaban J connectivity index is 0.00000420. The highest BCUT2D eigenvalue weighted by Crippen LogP contribution is 2.25. The van der Waals surface area contributed by atoms with Gasteiger partial charge >= 0.3 is 5.97 Å². The second kappa shape index (κ2) is 14.0. The number of halogens is 1. The van der Waals surface area contributed by atoms with Crippen LogP contribution in [0.4, 0.5) is 0 Å². The van der Waals surface area contributed by atoms with E-state index in [2.05, 4.69) is 15.6 Å². The lowest BCUT2D eigenvalue weighted by Crippen LogP contribution is -2.47. The van der Waals surface area contributed by atoms with Crippen LogP contribution in [0.25, 0.3) is 0 Å².